The second-order valence-electron chi connectivity index (χ2n) is 6.47. The number of rotatable bonds is 8. The fraction of sp³-hybridized carbons (Fsp3) is 0.227. The molecular formula is C22H24N4O2. The predicted octanol–water partition coefficient (Wildman–Crippen LogP) is 3.96. The number of aromatic nitrogens is 2. The molecule has 0 bridgehead atoms. The molecule has 0 atom stereocenters. The lowest BCUT2D eigenvalue weighted by molar-refractivity contribution is 0.0948. The molecule has 1 heterocycles. The third-order valence-corrected chi connectivity index (χ3v) is 4.23. The van der Waals surface area contributed by atoms with Crippen LogP contribution >= 0.6 is 0 Å². The summed E-state index contributed by atoms with van der Waals surface area (Å²) in [6, 6.07) is 15.5. The summed E-state index contributed by atoms with van der Waals surface area (Å²) in [5.74, 6) is 0.365. The summed E-state index contributed by atoms with van der Waals surface area (Å²) in [6.07, 6.45) is 4.35. The Labute approximate surface area is 165 Å². The van der Waals surface area contributed by atoms with Crippen LogP contribution in [0.2, 0.25) is 0 Å². The summed E-state index contributed by atoms with van der Waals surface area (Å²) < 4.78 is 4.98. The summed E-state index contributed by atoms with van der Waals surface area (Å²) in [5, 5.41) is 6.02. The average Bonchev–Trinajstić information content (AvgIpc) is 2.72. The Bertz CT molecular complexity index is 909. The molecule has 2 aromatic carbocycles. The van der Waals surface area contributed by atoms with E-state index in [1.807, 2.05) is 12.1 Å². The first-order valence-corrected chi connectivity index (χ1v) is 9.19. The van der Waals surface area contributed by atoms with Gasteiger partial charge in [0.1, 0.15) is 0 Å². The molecule has 0 saturated heterocycles. The number of ether oxygens (including phenoxy) is 1. The number of carbonyl (C=O) groups excluding carboxylic acids is 1. The molecule has 0 aliphatic carbocycles. The molecule has 144 valence electrons. The van der Waals surface area contributed by atoms with Gasteiger partial charge in [-0.3, -0.25) is 4.79 Å². The van der Waals surface area contributed by atoms with Crippen LogP contribution in [0.4, 0.5) is 11.6 Å². The summed E-state index contributed by atoms with van der Waals surface area (Å²) >= 11 is 0. The van der Waals surface area contributed by atoms with Gasteiger partial charge in [0, 0.05) is 49.5 Å². The Morgan fingerprint density at radius 2 is 1.79 bits per heavy atom. The molecule has 3 rings (SSSR count). The highest BCUT2D eigenvalue weighted by molar-refractivity contribution is 5.95. The van der Waals surface area contributed by atoms with Crippen LogP contribution in [0, 0.1) is 6.92 Å². The summed E-state index contributed by atoms with van der Waals surface area (Å²) in [4.78, 5) is 21.0. The lowest BCUT2D eigenvalue weighted by Crippen LogP contribution is -2.25. The van der Waals surface area contributed by atoms with E-state index in [1.165, 1.54) is 5.56 Å². The predicted molar refractivity (Wildman–Crippen MR) is 111 cm³/mol. The number of benzene rings is 2. The number of nitrogens with zero attached hydrogens (tertiary/aromatic N) is 2. The maximum atomic E-state index is 12.2. The van der Waals surface area contributed by atoms with Gasteiger partial charge in [-0.05, 0) is 37.1 Å². The maximum Gasteiger partial charge on any atom is 0.251 e. The third-order valence-electron chi connectivity index (χ3n) is 4.23. The minimum absolute atomic E-state index is 0.115. The quantitative estimate of drug-likeness (QED) is 0.582. The fourth-order valence-electron chi connectivity index (χ4n) is 2.68. The van der Waals surface area contributed by atoms with Crippen molar-refractivity contribution in [3.05, 3.63) is 72.1 Å². The Morgan fingerprint density at radius 3 is 2.50 bits per heavy atom. The van der Waals surface area contributed by atoms with Crippen molar-refractivity contribution in [3.63, 3.8) is 0 Å². The van der Waals surface area contributed by atoms with E-state index in [-0.39, 0.29) is 5.91 Å². The molecule has 28 heavy (non-hydrogen) atoms. The first kappa shape index (κ1) is 19.5. The molecule has 0 radical (unpaired) electrons. The Hall–Kier alpha value is -3.25. The first-order chi connectivity index (χ1) is 13.7. The largest absolute Gasteiger partial charge is 0.385 e. The highest BCUT2D eigenvalue weighted by Crippen LogP contribution is 2.20. The van der Waals surface area contributed by atoms with Gasteiger partial charge in [0.15, 0.2) is 0 Å². The van der Waals surface area contributed by atoms with E-state index in [4.69, 9.17) is 4.74 Å². The van der Waals surface area contributed by atoms with E-state index in [1.54, 1.807) is 31.6 Å². The van der Waals surface area contributed by atoms with Gasteiger partial charge in [-0.2, -0.15) is 0 Å². The molecule has 0 aliphatic rings. The Balaban J connectivity index is 1.63. The molecule has 1 amide bonds. The SMILES string of the molecule is COCCCNC(=O)c1cccc(Nc2ncc(-c3ccc(C)cc3)cn2)c1. The molecule has 1 aromatic heterocycles. The van der Waals surface area contributed by atoms with Gasteiger partial charge < -0.3 is 15.4 Å². The van der Waals surface area contributed by atoms with Crippen molar-refractivity contribution in [1.82, 2.24) is 15.3 Å². The van der Waals surface area contributed by atoms with E-state index in [9.17, 15) is 4.79 Å². The van der Waals surface area contributed by atoms with Crippen molar-refractivity contribution in [2.75, 3.05) is 25.6 Å². The van der Waals surface area contributed by atoms with Crippen molar-refractivity contribution < 1.29 is 9.53 Å². The van der Waals surface area contributed by atoms with Crippen LogP contribution < -0.4 is 10.6 Å². The molecule has 2 N–H and O–H groups in total. The number of methoxy groups -OCH3 is 1. The van der Waals surface area contributed by atoms with Crippen LogP contribution in [-0.2, 0) is 4.74 Å². The maximum absolute atomic E-state index is 12.2. The van der Waals surface area contributed by atoms with Crippen molar-refractivity contribution in [2.45, 2.75) is 13.3 Å². The number of nitrogens with one attached hydrogen (secondary N) is 2. The average molecular weight is 376 g/mol. The van der Waals surface area contributed by atoms with Gasteiger partial charge in [0.05, 0.1) is 0 Å². The van der Waals surface area contributed by atoms with Gasteiger partial charge >= 0.3 is 0 Å². The topological polar surface area (TPSA) is 76.1 Å². The summed E-state index contributed by atoms with van der Waals surface area (Å²) in [5.41, 5.74) is 4.58. The minimum atomic E-state index is -0.115. The molecule has 0 aliphatic heterocycles. The van der Waals surface area contributed by atoms with E-state index in [0.717, 1.165) is 23.2 Å². The van der Waals surface area contributed by atoms with Gasteiger partial charge in [0.25, 0.3) is 5.91 Å². The van der Waals surface area contributed by atoms with Crippen molar-refractivity contribution in [1.29, 1.82) is 0 Å². The van der Waals surface area contributed by atoms with Gasteiger partial charge in [-0.15, -0.1) is 0 Å². The fourth-order valence-corrected chi connectivity index (χ4v) is 2.68. The van der Waals surface area contributed by atoms with E-state index < -0.39 is 0 Å². The molecule has 3 aromatic rings. The van der Waals surface area contributed by atoms with Crippen LogP contribution in [0.25, 0.3) is 11.1 Å². The van der Waals surface area contributed by atoms with Crippen molar-refractivity contribution >= 4 is 17.5 Å². The zero-order chi connectivity index (χ0) is 19.8. The molecule has 6 nitrogen and oxygen atoms in total. The van der Waals surface area contributed by atoms with Gasteiger partial charge in [0.2, 0.25) is 5.95 Å². The second-order valence-corrected chi connectivity index (χ2v) is 6.47. The van der Waals surface area contributed by atoms with Gasteiger partial charge in [-0.25, -0.2) is 9.97 Å². The van der Waals surface area contributed by atoms with Crippen molar-refractivity contribution in [2.24, 2.45) is 0 Å². The minimum Gasteiger partial charge on any atom is -0.385 e. The van der Waals surface area contributed by atoms with E-state index >= 15 is 0 Å². The molecule has 0 spiro atoms. The second kappa shape index (κ2) is 9.62. The molecule has 6 heteroatoms. The van der Waals surface area contributed by atoms with E-state index in [0.29, 0.717) is 24.7 Å². The van der Waals surface area contributed by atoms with Gasteiger partial charge in [-0.1, -0.05) is 35.9 Å². The van der Waals surface area contributed by atoms with E-state index in [2.05, 4.69) is 51.8 Å². The molecule has 0 unspecified atom stereocenters. The lowest BCUT2D eigenvalue weighted by Gasteiger charge is -2.09. The number of anilines is 2. The zero-order valence-corrected chi connectivity index (χ0v) is 16.1. The van der Waals surface area contributed by atoms with Crippen LogP contribution in [-0.4, -0.2) is 36.1 Å². The van der Waals surface area contributed by atoms with Crippen LogP contribution in [0.5, 0.6) is 0 Å². The Morgan fingerprint density at radius 1 is 1.04 bits per heavy atom. The molecule has 0 saturated carbocycles. The number of hydrogen-bond acceptors (Lipinski definition) is 5. The number of carbonyl (C=O) groups is 1. The monoisotopic (exact) mass is 376 g/mol. The van der Waals surface area contributed by atoms with Crippen molar-refractivity contribution in [3.8, 4) is 11.1 Å². The summed E-state index contributed by atoms with van der Waals surface area (Å²) in [7, 11) is 1.65. The first-order valence-electron chi connectivity index (χ1n) is 9.19. The molecular weight excluding hydrogens is 352 g/mol. The Kier molecular flexibility index (Phi) is 6.70. The molecule has 0 fully saturated rings. The standard InChI is InChI=1S/C22H24N4O2/c1-16-7-9-17(10-8-16)19-14-24-22(25-15-19)26-20-6-3-5-18(13-20)21(27)23-11-4-12-28-2/h3,5-10,13-15H,4,11-12H2,1-2H3,(H,23,27)(H,24,25,26). The zero-order valence-electron chi connectivity index (χ0n) is 16.1. The summed E-state index contributed by atoms with van der Waals surface area (Å²) in [6.45, 7) is 3.26. The smallest absolute Gasteiger partial charge is 0.251 e. The highest BCUT2D eigenvalue weighted by Gasteiger charge is 2.07. The number of hydrogen-bond donors (Lipinski definition) is 2. The van der Waals surface area contributed by atoms with Crippen LogP contribution in [0.1, 0.15) is 22.3 Å². The number of aryl methyl sites for hydroxylation is 1. The van der Waals surface area contributed by atoms with Crippen LogP contribution in [0.15, 0.2) is 60.9 Å². The highest BCUT2D eigenvalue weighted by atomic mass is 16.5. The lowest BCUT2D eigenvalue weighted by atomic mass is 10.1. The number of amides is 1. The van der Waals surface area contributed by atoms with Crippen LogP contribution in [0.3, 0.4) is 0 Å². The third kappa shape index (κ3) is 5.37. The normalized spacial score (nSPS) is 10.5.